The summed E-state index contributed by atoms with van der Waals surface area (Å²) in [6.07, 6.45) is 0.559. The summed E-state index contributed by atoms with van der Waals surface area (Å²) in [7, 11) is 0. The number of esters is 1. The van der Waals surface area contributed by atoms with E-state index in [2.05, 4.69) is 21.2 Å². The summed E-state index contributed by atoms with van der Waals surface area (Å²) < 4.78 is 4.51. The minimum atomic E-state index is -0.849. The molecule has 31 heavy (non-hydrogen) atoms. The van der Waals surface area contributed by atoms with Crippen LogP contribution in [0.3, 0.4) is 0 Å². The quantitative estimate of drug-likeness (QED) is 0.433. The Labute approximate surface area is 198 Å². The Morgan fingerprint density at radius 3 is 2.81 bits per heavy atom. The Morgan fingerprint density at radius 1 is 1.45 bits per heavy atom. The highest BCUT2D eigenvalue weighted by molar-refractivity contribution is 9.09. The van der Waals surface area contributed by atoms with Crippen LogP contribution in [0.1, 0.15) is 20.3 Å². The zero-order valence-electron chi connectivity index (χ0n) is 17.1. The highest BCUT2D eigenvalue weighted by Gasteiger charge is 2.76. The number of anilines is 1. The number of likely N-dealkylation sites (tertiary alicyclic amines) is 1. The number of alkyl halides is 1. The smallest absolute Gasteiger partial charge is 0.310 e. The van der Waals surface area contributed by atoms with E-state index in [4.69, 9.17) is 16.3 Å². The van der Waals surface area contributed by atoms with Crippen molar-refractivity contribution in [3.63, 3.8) is 0 Å². The average molecular weight is 532 g/mol. The van der Waals surface area contributed by atoms with Crippen molar-refractivity contribution in [2.45, 2.75) is 47.2 Å². The third kappa shape index (κ3) is 3.48. The van der Waals surface area contributed by atoms with Gasteiger partial charge in [0.2, 0.25) is 11.8 Å². The van der Waals surface area contributed by atoms with E-state index >= 15 is 0 Å². The molecule has 3 saturated heterocycles. The fourth-order valence-corrected chi connectivity index (χ4v) is 8.97. The van der Waals surface area contributed by atoms with Crippen LogP contribution in [0.25, 0.3) is 0 Å². The van der Waals surface area contributed by atoms with Crippen LogP contribution in [0.4, 0.5) is 5.69 Å². The van der Waals surface area contributed by atoms with Crippen molar-refractivity contribution in [3.8, 4) is 0 Å². The predicted molar refractivity (Wildman–Crippen MR) is 122 cm³/mol. The van der Waals surface area contributed by atoms with E-state index in [0.29, 0.717) is 17.1 Å². The maximum Gasteiger partial charge on any atom is 0.310 e. The summed E-state index contributed by atoms with van der Waals surface area (Å²) in [6, 6.07) is 5.47. The largest absolute Gasteiger partial charge is 0.466 e. The van der Waals surface area contributed by atoms with Gasteiger partial charge in [0.05, 0.1) is 46.5 Å². The number of nitrogens with one attached hydrogen (secondary N) is 1. The molecule has 1 aromatic carbocycles. The van der Waals surface area contributed by atoms with Gasteiger partial charge in [-0.1, -0.05) is 39.7 Å². The molecule has 0 aromatic heterocycles. The number of thioether (sulfide) groups is 1. The molecular formula is C21H24BrClN2O5S. The summed E-state index contributed by atoms with van der Waals surface area (Å²) in [6.45, 7) is 3.37. The molecule has 0 radical (unpaired) electrons. The summed E-state index contributed by atoms with van der Waals surface area (Å²) in [5.74, 6) is -2.38. The first-order valence-electron chi connectivity index (χ1n) is 10.2. The van der Waals surface area contributed by atoms with Crippen molar-refractivity contribution >= 4 is 62.8 Å². The number of benzene rings is 1. The monoisotopic (exact) mass is 530 g/mol. The second kappa shape index (κ2) is 8.57. The molecule has 2 N–H and O–H groups in total. The Hall–Kier alpha value is -1.29. The lowest BCUT2D eigenvalue weighted by molar-refractivity contribution is -0.154. The molecule has 3 fully saturated rings. The van der Waals surface area contributed by atoms with E-state index in [0.717, 1.165) is 0 Å². The third-order valence-electron chi connectivity index (χ3n) is 6.40. The highest BCUT2D eigenvalue weighted by Crippen LogP contribution is 2.68. The van der Waals surface area contributed by atoms with Crippen LogP contribution in [-0.2, 0) is 19.1 Å². The van der Waals surface area contributed by atoms with E-state index in [9.17, 15) is 19.5 Å². The van der Waals surface area contributed by atoms with Crippen molar-refractivity contribution in [3.05, 3.63) is 29.3 Å². The molecule has 168 valence electrons. The number of para-hydroxylation sites is 1. The van der Waals surface area contributed by atoms with E-state index in [1.807, 2.05) is 0 Å². The third-order valence-corrected chi connectivity index (χ3v) is 9.95. The molecular weight excluding hydrogens is 508 g/mol. The fraction of sp³-hybridized carbons (Fsp3) is 0.571. The minimum Gasteiger partial charge on any atom is -0.466 e. The lowest BCUT2D eigenvalue weighted by Crippen LogP contribution is -2.54. The molecule has 10 heteroatoms. The predicted octanol–water partition coefficient (Wildman–Crippen LogP) is 2.69. The van der Waals surface area contributed by atoms with Gasteiger partial charge < -0.3 is 20.1 Å². The lowest BCUT2D eigenvalue weighted by Gasteiger charge is -2.36. The summed E-state index contributed by atoms with van der Waals surface area (Å²) >= 11 is 11.4. The average Bonchev–Trinajstić information content (AvgIpc) is 3.32. The first-order chi connectivity index (χ1) is 14.8. The van der Waals surface area contributed by atoms with E-state index in [1.54, 1.807) is 38.1 Å². The minimum absolute atomic E-state index is 0.0315. The molecule has 7 nitrogen and oxygen atoms in total. The van der Waals surface area contributed by atoms with Crippen molar-refractivity contribution in [2.24, 2.45) is 11.8 Å². The number of hydrogen-bond acceptors (Lipinski definition) is 6. The zero-order valence-corrected chi connectivity index (χ0v) is 20.2. The number of ether oxygens (including phenoxy) is 1. The topological polar surface area (TPSA) is 95.9 Å². The molecule has 4 rings (SSSR count). The number of rotatable bonds is 6. The molecule has 2 bridgehead atoms. The van der Waals surface area contributed by atoms with Crippen LogP contribution < -0.4 is 5.32 Å². The molecule has 2 amide bonds. The molecule has 0 saturated carbocycles. The summed E-state index contributed by atoms with van der Waals surface area (Å²) in [5, 5.41) is 12.9. The van der Waals surface area contributed by atoms with Gasteiger partial charge in [0.25, 0.3) is 0 Å². The van der Waals surface area contributed by atoms with Crippen LogP contribution in [0.2, 0.25) is 5.02 Å². The number of nitrogens with zero attached hydrogens (tertiary/aromatic N) is 1. The number of carbonyl (C=O) groups is 3. The second-order valence-electron chi connectivity index (χ2n) is 8.16. The van der Waals surface area contributed by atoms with Gasteiger partial charge in [-0.05, 0) is 32.4 Å². The maximum atomic E-state index is 13.6. The molecule has 3 heterocycles. The molecule has 3 unspecified atom stereocenters. The van der Waals surface area contributed by atoms with Gasteiger partial charge in [-0.3, -0.25) is 14.4 Å². The van der Waals surface area contributed by atoms with Crippen molar-refractivity contribution in [1.29, 1.82) is 0 Å². The first-order valence-corrected chi connectivity index (χ1v) is 12.4. The fourth-order valence-electron chi connectivity index (χ4n) is 5.20. The van der Waals surface area contributed by atoms with E-state index in [-0.39, 0.29) is 35.1 Å². The summed E-state index contributed by atoms with van der Waals surface area (Å²) in [5.41, 5.74) is 0.452. The Bertz CT molecular complexity index is 920. The van der Waals surface area contributed by atoms with Crippen molar-refractivity contribution in [1.82, 2.24) is 4.90 Å². The molecule has 7 atom stereocenters. The Kier molecular flexibility index (Phi) is 6.33. The SMILES string of the molecule is CCOC(=O)[C@H]1[C@@H]2SC3(CC2Br)C(C(=O)Nc2ccccc2Cl)N([C@H](C)CO)C(=O)[C@H]13. The van der Waals surface area contributed by atoms with Crippen LogP contribution in [0, 0.1) is 11.8 Å². The van der Waals surface area contributed by atoms with Crippen LogP contribution >= 0.6 is 39.3 Å². The van der Waals surface area contributed by atoms with Gasteiger partial charge in [-0.25, -0.2) is 0 Å². The van der Waals surface area contributed by atoms with Crippen molar-refractivity contribution < 1.29 is 24.2 Å². The number of aliphatic hydroxyl groups is 1. The van der Waals surface area contributed by atoms with Gasteiger partial charge in [0.1, 0.15) is 6.04 Å². The normalized spacial score (nSPS) is 34.5. The Balaban J connectivity index is 1.76. The van der Waals surface area contributed by atoms with Gasteiger partial charge in [-0.2, -0.15) is 0 Å². The zero-order chi connectivity index (χ0) is 22.5. The molecule has 3 aliphatic heterocycles. The van der Waals surface area contributed by atoms with E-state index < -0.39 is 34.6 Å². The van der Waals surface area contributed by atoms with E-state index in [1.165, 1.54) is 16.7 Å². The second-order valence-corrected chi connectivity index (χ2v) is 11.3. The van der Waals surface area contributed by atoms with Gasteiger partial charge in [0, 0.05) is 10.1 Å². The number of amides is 2. The van der Waals surface area contributed by atoms with Crippen LogP contribution in [0.5, 0.6) is 0 Å². The number of carbonyl (C=O) groups excluding carboxylic acids is 3. The number of aliphatic hydroxyl groups excluding tert-OH is 1. The standard InChI is InChI=1S/C21H24BrClN2O5S/c1-3-30-20(29)14-15-19(28)25(10(2)9-26)17(21(15)8-11(22)16(14)31-21)18(27)24-13-7-5-4-6-12(13)23/h4-7,10-11,14-17,26H,3,8-9H2,1-2H3,(H,24,27)/t10-,11?,14-,15+,16-,17?,21?/m1/s1. The van der Waals surface area contributed by atoms with Crippen molar-refractivity contribution in [2.75, 3.05) is 18.5 Å². The van der Waals surface area contributed by atoms with Gasteiger partial charge in [0.15, 0.2) is 0 Å². The first kappa shape index (κ1) is 22.9. The molecule has 3 aliphatic rings. The molecule has 1 spiro atoms. The Morgan fingerprint density at radius 2 is 2.16 bits per heavy atom. The number of fused-ring (bicyclic) bond motifs is 1. The van der Waals surface area contributed by atoms with Gasteiger partial charge >= 0.3 is 5.97 Å². The maximum absolute atomic E-state index is 13.6. The number of halogens is 2. The summed E-state index contributed by atoms with van der Waals surface area (Å²) in [4.78, 5) is 41.4. The lowest BCUT2D eigenvalue weighted by atomic mass is 9.71. The molecule has 1 aromatic rings. The highest BCUT2D eigenvalue weighted by atomic mass is 79.9. The molecule has 0 aliphatic carbocycles. The van der Waals surface area contributed by atoms with Crippen LogP contribution in [-0.4, -0.2) is 67.9 Å². The van der Waals surface area contributed by atoms with Crippen LogP contribution in [0.15, 0.2) is 24.3 Å². The van der Waals surface area contributed by atoms with Gasteiger partial charge in [-0.15, -0.1) is 11.8 Å². The number of hydrogen-bond donors (Lipinski definition) is 2.